The van der Waals surface area contributed by atoms with Gasteiger partial charge in [-0.3, -0.25) is 4.79 Å². The standard InChI is InChI=1S/C13H18N2O2/c1-2-15(11-6-4-3-5-7-11)12(16)13(14)8-9-17-10-13/h3-7H,2,8-10,14H2,1H3. The van der Waals surface area contributed by atoms with Gasteiger partial charge in [0.2, 0.25) is 5.91 Å². The molecule has 1 aliphatic heterocycles. The van der Waals surface area contributed by atoms with E-state index in [9.17, 15) is 4.79 Å². The summed E-state index contributed by atoms with van der Waals surface area (Å²) in [7, 11) is 0. The first kappa shape index (κ1) is 12.1. The number of benzene rings is 1. The molecule has 1 unspecified atom stereocenters. The van der Waals surface area contributed by atoms with Crippen molar-refractivity contribution in [1.82, 2.24) is 0 Å². The quantitative estimate of drug-likeness (QED) is 0.853. The zero-order valence-corrected chi connectivity index (χ0v) is 10.1. The monoisotopic (exact) mass is 234 g/mol. The molecule has 1 fully saturated rings. The number of rotatable bonds is 3. The molecule has 4 heteroatoms. The first-order chi connectivity index (χ1) is 8.17. The molecule has 1 atom stereocenters. The molecule has 1 aromatic rings. The number of ether oxygens (including phenoxy) is 1. The van der Waals surface area contributed by atoms with E-state index in [2.05, 4.69) is 0 Å². The molecule has 1 heterocycles. The molecule has 1 saturated heterocycles. The van der Waals surface area contributed by atoms with Crippen LogP contribution in [0, 0.1) is 0 Å². The van der Waals surface area contributed by atoms with Gasteiger partial charge in [0.1, 0.15) is 5.54 Å². The van der Waals surface area contributed by atoms with Crippen molar-refractivity contribution in [3.8, 4) is 0 Å². The second-order valence-electron chi connectivity index (χ2n) is 4.34. The molecule has 1 amide bonds. The van der Waals surface area contributed by atoms with Crippen molar-refractivity contribution >= 4 is 11.6 Å². The SMILES string of the molecule is CCN(C(=O)C1(N)CCOC1)c1ccccc1. The fraction of sp³-hybridized carbons (Fsp3) is 0.462. The number of nitrogens with two attached hydrogens (primary N) is 1. The third-order valence-electron chi connectivity index (χ3n) is 3.11. The Labute approximate surface area is 101 Å². The van der Waals surface area contributed by atoms with Gasteiger partial charge in [0.15, 0.2) is 0 Å². The second-order valence-corrected chi connectivity index (χ2v) is 4.34. The van der Waals surface area contributed by atoms with Crippen LogP contribution in [0.5, 0.6) is 0 Å². The fourth-order valence-corrected chi connectivity index (χ4v) is 2.07. The number of carbonyl (C=O) groups excluding carboxylic acids is 1. The smallest absolute Gasteiger partial charge is 0.249 e. The topological polar surface area (TPSA) is 55.6 Å². The number of para-hydroxylation sites is 1. The molecule has 4 nitrogen and oxygen atoms in total. The van der Waals surface area contributed by atoms with Gasteiger partial charge in [-0.15, -0.1) is 0 Å². The molecule has 0 aromatic heterocycles. The van der Waals surface area contributed by atoms with Crippen molar-refractivity contribution in [2.75, 3.05) is 24.7 Å². The molecule has 0 aliphatic carbocycles. The second kappa shape index (κ2) is 4.85. The van der Waals surface area contributed by atoms with Gasteiger partial charge in [-0.2, -0.15) is 0 Å². The van der Waals surface area contributed by atoms with E-state index in [0.29, 0.717) is 26.2 Å². The average Bonchev–Trinajstić information content (AvgIpc) is 2.80. The molecule has 2 N–H and O–H groups in total. The van der Waals surface area contributed by atoms with Crippen molar-refractivity contribution < 1.29 is 9.53 Å². The third kappa shape index (κ3) is 2.33. The molecule has 0 saturated carbocycles. The minimum Gasteiger partial charge on any atom is -0.379 e. The lowest BCUT2D eigenvalue weighted by atomic mass is 9.98. The number of anilines is 1. The molecule has 0 spiro atoms. The Morgan fingerprint density at radius 3 is 2.71 bits per heavy atom. The highest BCUT2D eigenvalue weighted by Crippen LogP contribution is 2.22. The molecule has 0 radical (unpaired) electrons. The highest BCUT2D eigenvalue weighted by molar-refractivity contribution is 6.00. The Bertz CT molecular complexity index is 386. The van der Waals surface area contributed by atoms with Crippen molar-refractivity contribution in [3.05, 3.63) is 30.3 Å². The summed E-state index contributed by atoms with van der Waals surface area (Å²) in [6.45, 7) is 3.44. The van der Waals surface area contributed by atoms with Gasteiger partial charge in [-0.25, -0.2) is 0 Å². The van der Waals surface area contributed by atoms with Gasteiger partial charge >= 0.3 is 0 Å². The number of carbonyl (C=O) groups is 1. The number of amides is 1. The van der Waals surface area contributed by atoms with Gasteiger partial charge in [-0.05, 0) is 25.5 Å². The maximum absolute atomic E-state index is 12.4. The van der Waals surface area contributed by atoms with Crippen LogP contribution in [0.25, 0.3) is 0 Å². The van der Waals surface area contributed by atoms with Gasteiger partial charge in [0.25, 0.3) is 0 Å². The minimum absolute atomic E-state index is 0.0521. The van der Waals surface area contributed by atoms with E-state index in [1.165, 1.54) is 0 Å². The van der Waals surface area contributed by atoms with Crippen LogP contribution in [0.3, 0.4) is 0 Å². The van der Waals surface area contributed by atoms with E-state index in [0.717, 1.165) is 5.69 Å². The lowest BCUT2D eigenvalue weighted by molar-refractivity contribution is -0.123. The number of likely N-dealkylation sites (N-methyl/N-ethyl adjacent to an activating group) is 1. The van der Waals surface area contributed by atoms with Crippen molar-refractivity contribution in [2.24, 2.45) is 5.73 Å². The summed E-state index contributed by atoms with van der Waals surface area (Å²) in [6, 6.07) is 9.60. The largest absolute Gasteiger partial charge is 0.379 e. The molecular formula is C13H18N2O2. The first-order valence-electron chi connectivity index (χ1n) is 5.91. The predicted molar refractivity (Wildman–Crippen MR) is 66.8 cm³/mol. The van der Waals surface area contributed by atoms with Crippen molar-refractivity contribution in [2.45, 2.75) is 18.9 Å². The summed E-state index contributed by atoms with van der Waals surface area (Å²) >= 11 is 0. The fourth-order valence-electron chi connectivity index (χ4n) is 2.07. The molecular weight excluding hydrogens is 216 g/mol. The van der Waals surface area contributed by atoms with Gasteiger partial charge in [-0.1, -0.05) is 18.2 Å². The van der Waals surface area contributed by atoms with Crippen molar-refractivity contribution in [1.29, 1.82) is 0 Å². The lowest BCUT2D eigenvalue weighted by Crippen LogP contribution is -2.56. The Balaban J connectivity index is 2.22. The van der Waals surface area contributed by atoms with Gasteiger partial charge < -0.3 is 15.4 Å². The van der Waals surface area contributed by atoms with Crippen LogP contribution in [0.4, 0.5) is 5.69 Å². The van der Waals surface area contributed by atoms with Crippen LogP contribution < -0.4 is 10.6 Å². The minimum atomic E-state index is -0.855. The normalized spacial score (nSPS) is 23.6. The maximum Gasteiger partial charge on any atom is 0.249 e. The van der Waals surface area contributed by atoms with Crippen LogP contribution in [0.2, 0.25) is 0 Å². The summed E-state index contributed by atoms with van der Waals surface area (Å²) in [5, 5.41) is 0. The maximum atomic E-state index is 12.4. The van der Waals surface area contributed by atoms with E-state index in [1.54, 1.807) is 4.90 Å². The number of nitrogens with zero attached hydrogens (tertiary/aromatic N) is 1. The lowest BCUT2D eigenvalue weighted by Gasteiger charge is -2.29. The van der Waals surface area contributed by atoms with Crippen LogP contribution in [-0.4, -0.2) is 31.2 Å². The van der Waals surface area contributed by atoms with E-state index in [4.69, 9.17) is 10.5 Å². The van der Waals surface area contributed by atoms with Crippen molar-refractivity contribution in [3.63, 3.8) is 0 Å². The molecule has 17 heavy (non-hydrogen) atoms. The highest BCUT2D eigenvalue weighted by Gasteiger charge is 2.41. The van der Waals surface area contributed by atoms with E-state index >= 15 is 0 Å². The third-order valence-corrected chi connectivity index (χ3v) is 3.11. The summed E-state index contributed by atoms with van der Waals surface area (Å²) < 4.78 is 5.24. The molecule has 2 rings (SSSR count). The Morgan fingerprint density at radius 2 is 2.18 bits per heavy atom. The summed E-state index contributed by atoms with van der Waals surface area (Å²) in [6.07, 6.45) is 0.592. The van der Waals surface area contributed by atoms with Gasteiger partial charge in [0.05, 0.1) is 6.61 Å². The molecule has 1 aromatic carbocycles. The van der Waals surface area contributed by atoms with E-state index < -0.39 is 5.54 Å². The van der Waals surface area contributed by atoms with Crippen LogP contribution >= 0.6 is 0 Å². The van der Waals surface area contributed by atoms with Gasteiger partial charge in [0, 0.05) is 18.8 Å². The number of hydrogen-bond acceptors (Lipinski definition) is 3. The first-order valence-corrected chi connectivity index (χ1v) is 5.91. The van der Waals surface area contributed by atoms with Crippen LogP contribution in [0.15, 0.2) is 30.3 Å². The number of hydrogen-bond donors (Lipinski definition) is 1. The Kier molecular flexibility index (Phi) is 3.45. The molecule has 1 aliphatic rings. The Hall–Kier alpha value is -1.39. The van der Waals surface area contributed by atoms with E-state index in [-0.39, 0.29) is 5.91 Å². The van der Waals surface area contributed by atoms with Crippen LogP contribution in [0.1, 0.15) is 13.3 Å². The summed E-state index contributed by atoms with van der Waals surface area (Å²) in [5.74, 6) is -0.0521. The van der Waals surface area contributed by atoms with Crippen LogP contribution in [-0.2, 0) is 9.53 Å². The average molecular weight is 234 g/mol. The van der Waals surface area contributed by atoms with E-state index in [1.807, 2.05) is 37.3 Å². The highest BCUT2D eigenvalue weighted by atomic mass is 16.5. The zero-order chi connectivity index (χ0) is 12.3. The predicted octanol–water partition coefficient (Wildman–Crippen LogP) is 1.16. The summed E-state index contributed by atoms with van der Waals surface area (Å²) in [4.78, 5) is 14.1. The molecule has 92 valence electrons. The summed E-state index contributed by atoms with van der Waals surface area (Å²) in [5.41, 5.74) is 6.13. The Morgan fingerprint density at radius 1 is 1.47 bits per heavy atom. The zero-order valence-electron chi connectivity index (χ0n) is 10.1. The molecule has 0 bridgehead atoms.